The molecule has 0 spiro atoms. The van der Waals surface area contributed by atoms with Gasteiger partial charge in [0.1, 0.15) is 0 Å². The van der Waals surface area contributed by atoms with Gasteiger partial charge in [-0.05, 0) is 26.3 Å². The predicted octanol–water partition coefficient (Wildman–Crippen LogP) is 0.883. The zero-order valence-electron chi connectivity index (χ0n) is 12.4. The number of ether oxygens (including phenoxy) is 3. The summed E-state index contributed by atoms with van der Waals surface area (Å²) in [4.78, 5) is 0. The number of likely N-dealkylation sites (N-methyl/N-ethyl adjacent to an activating group) is 1. The highest BCUT2D eigenvalue weighted by Crippen LogP contribution is 2.20. The third-order valence-electron chi connectivity index (χ3n) is 3.73. The highest BCUT2D eigenvalue weighted by Gasteiger charge is 2.28. The molecule has 2 fully saturated rings. The first-order valence-electron chi connectivity index (χ1n) is 7.45. The maximum atomic E-state index is 6.00. The summed E-state index contributed by atoms with van der Waals surface area (Å²) >= 11 is 0. The van der Waals surface area contributed by atoms with Crippen LogP contribution in [0.25, 0.3) is 0 Å². The molecule has 0 bridgehead atoms. The van der Waals surface area contributed by atoms with Gasteiger partial charge < -0.3 is 24.8 Å². The predicted molar refractivity (Wildman–Crippen MR) is 74.2 cm³/mol. The van der Waals surface area contributed by atoms with Crippen LogP contribution < -0.4 is 10.6 Å². The van der Waals surface area contributed by atoms with Gasteiger partial charge in [-0.1, -0.05) is 13.8 Å². The van der Waals surface area contributed by atoms with Crippen LogP contribution in [0, 0.1) is 0 Å². The molecular weight excluding hydrogens is 244 g/mol. The van der Waals surface area contributed by atoms with Gasteiger partial charge in [0.15, 0.2) is 6.29 Å². The van der Waals surface area contributed by atoms with Crippen molar-refractivity contribution in [2.75, 3.05) is 26.9 Å². The topological polar surface area (TPSA) is 51.8 Å². The standard InChI is InChI=1S/C14H28N2O3/c1-10(2)16-11-4-5-14(18-8-11)19-13-6-12(15-3)7-17-9-13/h10-16H,4-9H2,1-3H3. The van der Waals surface area contributed by atoms with Crippen LogP contribution in [0.1, 0.15) is 33.1 Å². The lowest BCUT2D eigenvalue weighted by Crippen LogP contribution is -2.46. The highest BCUT2D eigenvalue weighted by molar-refractivity contribution is 4.78. The van der Waals surface area contributed by atoms with E-state index in [9.17, 15) is 0 Å². The SMILES string of the molecule is CNC1COCC(OC2CCC(NC(C)C)CO2)C1. The van der Waals surface area contributed by atoms with Gasteiger partial charge >= 0.3 is 0 Å². The van der Waals surface area contributed by atoms with Gasteiger partial charge in [-0.2, -0.15) is 0 Å². The second-order valence-electron chi connectivity index (χ2n) is 5.88. The summed E-state index contributed by atoms with van der Waals surface area (Å²) < 4.78 is 17.4. The Labute approximate surface area is 116 Å². The normalized spacial score (nSPS) is 36.6. The average Bonchev–Trinajstić information content (AvgIpc) is 2.41. The van der Waals surface area contributed by atoms with Crippen molar-refractivity contribution in [3.8, 4) is 0 Å². The van der Waals surface area contributed by atoms with Crippen LogP contribution in [0.4, 0.5) is 0 Å². The summed E-state index contributed by atoms with van der Waals surface area (Å²) in [6.07, 6.45) is 3.18. The molecule has 2 aliphatic heterocycles. The van der Waals surface area contributed by atoms with Crippen molar-refractivity contribution in [3.05, 3.63) is 0 Å². The van der Waals surface area contributed by atoms with E-state index >= 15 is 0 Å². The van der Waals surface area contributed by atoms with Crippen molar-refractivity contribution in [2.24, 2.45) is 0 Å². The van der Waals surface area contributed by atoms with Crippen LogP contribution in [-0.2, 0) is 14.2 Å². The Balaban J connectivity index is 1.67. The first-order chi connectivity index (χ1) is 9.17. The van der Waals surface area contributed by atoms with E-state index in [4.69, 9.17) is 14.2 Å². The van der Waals surface area contributed by atoms with E-state index in [1.54, 1.807) is 0 Å². The Kier molecular flexibility index (Phi) is 6.04. The molecule has 0 aromatic heterocycles. The zero-order valence-corrected chi connectivity index (χ0v) is 12.4. The highest BCUT2D eigenvalue weighted by atomic mass is 16.7. The summed E-state index contributed by atoms with van der Waals surface area (Å²) in [5.41, 5.74) is 0. The van der Waals surface area contributed by atoms with Gasteiger partial charge in [-0.3, -0.25) is 0 Å². The average molecular weight is 272 g/mol. The molecule has 0 radical (unpaired) electrons. The molecular formula is C14H28N2O3. The van der Waals surface area contributed by atoms with E-state index in [2.05, 4.69) is 24.5 Å². The Bertz CT molecular complexity index is 255. The molecule has 2 aliphatic rings. The van der Waals surface area contributed by atoms with Crippen molar-refractivity contribution in [3.63, 3.8) is 0 Å². The number of nitrogens with one attached hydrogen (secondary N) is 2. The summed E-state index contributed by atoms with van der Waals surface area (Å²) in [6.45, 7) is 6.54. The quantitative estimate of drug-likeness (QED) is 0.778. The smallest absolute Gasteiger partial charge is 0.158 e. The third-order valence-corrected chi connectivity index (χ3v) is 3.73. The molecule has 4 atom stereocenters. The minimum absolute atomic E-state index is 0.0607. The van der Waals surface area contributed by atoms with Crippen molar-refractivity contribution < 1.29 is 14.2 Å². The summed E-state index contributed by atoms with van der Waals surface area (Å²) in [6, 6.07) is 1.37. The van der Waals surface area contributed by atoms with Gasteiger partial charge in [0.05, 0.1) is 25.9 Å². The lowest BCUT2D eigenvalue weighted by Gasteiger charge is -2.35. The van der Waals surface area contributed by atoms with Crippen molar-refractivity contribution in [1.29, 1.82) is 0 Å². The first-order valence-corrected chi connectivity index (χ1v) is 7.45. The molecule has 2 rings (SSSR count). The molecule has 112 valence electrons. The Morgan fingerprint density at radius 3 is 2.58 bits per heavy atom. The van der Waals surface area contributed by atoms with E-state index < -0.39 is 0 Å². The van der Waals surface area contributed by atoms with Gasteiger partial charge in [-0.15, -0.1) is 0 Å². The lowest BCUT2D eigenvalue weighted by atomic mass is 10.1. The lowest BCUT2D eigenvalue weighted by molar-refractivity contribution is -0.212. The van der Waals surface area contributed by atoms with Gasteiger partial charge in [-0.25, -0.2) is 0 Å². The maximum Gasteiger partial charge on any atom is 0.158 e. The molecule has 2 saturated heterocycles. The molecule has 0 amide bonds. The van der Waals surface area contributed by atoms with E-state index in [0.29, 0.717) is 24.7 Å². The summed E-state index contributed by atoms with van der Waals surface area (Å²) in [5, 5.41) is 6.75. The number of hydrogen-bond donors (Lipinski definition) is 2. The van der Waals surface area contributed by atoms with Crippen molar-refractivity contribution >= 4 is 0 Å². The van der Waals surface area contributed by atoms with Crippen molar-refractivity contribution in [2.45, 2.75) is 63.6 Å². The van der Waals surface area contributed by atoms with Crippen LogP contribution in [0.3, 0.4) is 0 Å². The van der Waals surface area contributed by atoms with E-state index in [1.165, 1.54) is 0 Å². The minimum atomic E-state index is -0.0607. The van der Waals surface area contributed by atoms with Gasteiger partial charge in [0, 0.05) is 18.1 Å². The third kappa shape index (κ3) is 5.00. The first kappa shape index (κ1) is 15.2. The van der Waals surface area contributed by atoms with E-state index in [-0.39, 0.29) is 12.4 Å². The number of hydrogen-bond acceptors (Lipinski definition) is 5. The minimum Gasteiger partial charge on any atom is -0.377 e. The van der Waals surface area contributed by atoms with Gasteiger partial charge in [0.25, 0.3) is 0 Å². The molecule has 0 aromatic rings. The Hall–Kier alpha value is -0.200. The Morgan fingerprint density at radius 2 is 1.95 bits per heavy atom. The largest absolute Gasteiger partial charge is 0.377 e. The summed E-state index contributed by atoms with van der Waals surface area (Å²) in [7, 11) is 1.97. The van der Waals surface area contributed by atoms with Crippen LogP contribution >= 0.6 is 0 Å². The fourth-order valence-corrected chi connectivity index (χ4v) is 2.74. The summed E-state index contributed by atoms with van der Waals surface area (Å²) in [5.74, 6) is 0. The van der Waals surface area contributed by atoms with E-state index in [1.807, 2.05) is 7.05 Å². The molecule has 2 N–H and O–H groups in total. The molecule has 4 unspecified atom stereocenters. The zero-order chi connectivity index (χ0) is 13.7. The molecule has 0 saturated carbocycles. The van der Waals surface area contributed by atoms with Crippen LogP contribution in [-0.4, -0.2) is 57.4 Å². The molecule has 0 aromatic carbocycles. The second-order valence-corrected chi connectivity index (χ2v) is 5.88. The molecule has 5 nitrogen and oxygen atoms in total. The van der Waals surface area contributed by atoms with Gasteiger partial charge in [0.2, 0.25) is 0 Å². The molecule has 5 heteroatoms. The van der Waals surface area contributed by atoms with Crippen LogP contribution in [0.2, 0.25) is 0 Å². The van der Waals surface area contributed by atoms with Crippen LogP contribution in [0.15, 0.2) is 0 Å². The molecule has 19 heavy (non-hydrogen) atoms. The fourth-order valence-electron chi connectivity index (χ4n) is 2.74. The van der Waals surface area contributed by atoms with E-state index in [0.717, 1.165) is 32.5 Å². The van der Waals surface area contributed by atoms with Crippen LogP contribution in [0.5, 0.6) is 0 Å². The monoisotopic (exact) mass is 272 g/mol. The number of rotatable bonds is 5. The second kappa shape index (κ2) is 7.55. The molecule has 2 heterocycles. The maximum absolute atomic E-state index is 6.00. The van der Waals surface area contributed by atoms with Crippen molar-refractivity contribution in [1.82, 2.24) is 10.6 Å². The Morgan fingerprint density at radius 1 is 1.11 bits per heavy atom. The molecule has 0 aliphatic carbocycles. The fraction of sp³-hybridized carbons (Fsp3) is 1.00.